The molecule has 138 valence electrons. The molecule has 0 atom stereocenters. The van der Waals surface area contributed by atoms with Gasteiger partial charge in [0.15, 0.2) is 5.76 Å². The van der Waals surface area contributed by atoms with Gasteiger partial charge in [-0.2, -0.15) is 0 Å². The Labute approximate surface area is 155 Å². The fourth-order valence-corrected chi connectivity index (χ4v) is 4.12. The molecule has 0 aliphatic carbocycles. The topological polar surface area (TPSA) is 49.6 Å². The van der Waals surface area contributed by atoms with Crippen LogP contribution in [0.5, 0.6) is 0 Å². The molecular weight excluding hydrogens is 326 g/mol. The van der Waals surface area contributed by atoms with E-state index < -0.39 is 0 Å². The Balaban J connectivity index is 1.72. The largest absolute Gasteiger partial charge is 0.371 e. The molecule has 1 aromatic carbocycles. The maximum atomic E-state index is 13.4. The van der Waals surface area contributed by atoms with E-state index in [0.717, 1.165) is 38.2 Å². The number of carbonyl (C=O) groups is 1. The number of anilines is 2. The van der Waals surface area contributed by atoms with Crippen molar-refractivity contribution in [1.82, 2.24) is 5.16 Å². The van der Waals surface area contributed by atoms with Crippen LogP contribution in [0.1, 0.15) is 66.4 Å². The van der Waals surface area contributed by atoms with Gasteiger partial charge in [0.25, 0.3) is 5.91 Å². The van der Waals surface area contributed by atoms with E-state index in [1.807, 2.05) is 25.7 Å². The molecule has 0 unspecified atom stereocenters. The lowest BCUT2D eigenvalue weighted by Gasteiger charge is -2.31. The molecule has 2 aliphatic rings. The van der Waals surface area contributed by atoms with Gasteiger partial charge in [-0.1, -0.05) is 25.1 Å². The Bertz CT molecular complexity index is 819. The van der Waals surface area contributed by atoms with Gasteiger partial charge >= 0.3 is 0 Å². The summed E-state index contributed by atoms with van der Waals surface area (Å²) in [5.41, 5.74) is 4.86. The fourth-order valence-electron chi connectivity index (χ4n) is 4.12. The van der Waals surface area contributed by atoms with Gasteiger partial charge in [-0.05, 0) is 50.3 Å². The summed E-state index contributed by atoms with van der Waals surface area (Å²) in [5.74, 6) is 0.845. The van der Waals surface area contributed by atoms with Crippen LogP contribution in [0.2, 0.25) is 0 Å². The molecule has 0 radical (unpaired) electrons. The van der Waals surface area contributed by atoms with Crippen LogP contribution in [0.3, 0.4) is 0 Å². The van der Waals surface area contributed by atoms with Crippen molar-refractivity contribution < 1.29 is 9.32 Å². The van der Waals surface area contributed by atoms with Gasteiger partial charge in [0.2, 0.25) is 0 Å². The number of nitrogens with zero attached hydrogens (tertiary/aromatic N) is 3. The summed E-state index contributed by atoms with van der Waals surface area (Å²) in [6.07, 6.45) is 4.51. The summed E-state index contributed by atoms with van der Waals surface area (Å²) in [6, 6.07) is 6.62. The van der Waals surface area contributed by atoms with Crippen molar-refractivity contribution in [3.05, 3.63) is 40.8 Å². The highest BCUT2D eigenvalue weighted by molar-refractivity contribution is 6.08. The highest BCUT2D eigenvalue weighted by atomic mass is 16.5. The van der Waals surface area contributed by atoms with Crippen molar-refractivity contribution in [2.45, 2.75) is 52.4 Å². The van der Waals surface area contributed by atoms with Crippen molar-refractivity contribution in [3.63, 3.8) is 0 Å². The number of amides is 1. The monoisotopic (exact) mass is 353 g/mol. The lowest BCUT2D eigenvalue weighted by atomic mass is 9.98. The number of aryl methyl sites for hydroxylation is 2. The first-order valence-electron chi connectivity index (χ1n) is 9.72. The van der Waals surface area contributed by atoms with Crippen LogP contribution in [0.15, 0.2) is 22.7 Å². The molecule has 2 aliphatic heterocycles. The number of benzene rings is 1. The van der Waals surface area contributed by atoms with Gasteiger partial charge in [0, 0.05) is 36.9 Å². The van der Waals surface area contributed by atoms with Gasteiger partial charge < -0.3 is 14.3 Å². The fraction of sp³-hybridized carbons (Fsp3) is 0.524. The minimum atomic E-state index is 0.0203. The molecule has 0 bridgehead atoms. The predicted octanol–water partition coefficient (Wildman–Crippen LogP) is 4.30. The lowest BCUT2D eigenvalue weighted by Crippen LogP contribution is -2.36. The number of rotatable bonds is 3. The summed E-state index contributed by atoms with van der Waals surface area (Å²) in [6.45, 7) is 8.88. The SMILES string of the molecule is Cc1noc(C(C)C)c1C(=O)N1CCCc2ccc(N3CCCC3)cc21. The average molecular weight is 353 g/mol. The van der Waals surface area contributed by atoms with Crippen molar-refractivity contribution in [2.24, 2.45) is 0 Å². The third kappa shape index (κ3) is 2.89. The zero-order chi connectivity index (χ0) is 18.3. The van der Waals surface area contributed by atoms with Crippen LogP contribution in [0.25, 0.3) is 0 Å². The predicted molar refractivity (Wildman–Crippen MR) is 103 cm³/mol. The number of hydrogen-bond acceptors (Lipinski definition) is 4. The van der Waals surface area contributed by atoms with E-state index in [9.17, 15) is 4.79 Å². The molecule has 3 heterocycles. The molecule has 4 rings (SSSR count). The summed E-state index contributed by atoms with van der Waals surface area (Å²) in [4.78, 5) is 17.8. The second-order valence-corrected chi connectivity index (χ2v) is 7.73. The molecule has 5 heteroatoms. The smallest absolute Gasteiger partial charge is 0.263 e. The third-order valence-electron chi connectivity index (χ3n) is 5.53. The van der Waals surface area contributed by atoms with Crippen molar-refractivity contribution >= 4 is 17.3 Å². The minimum absolute atomic E-state index is 0.0203. The molecule has 0 saturated carbocycles. The van der Waals surface area contributed by atoms with Crippen LogP contribution < -0.4 is 9.80 Å². The van der Waals surface area contributed by atoms with E-state index in [2.05, 4.69) is 28.3 Å². The molecule has 1 aromatic heterocycles. The minimum Gasteiger partial charge on any atom is -0.371 e. The maximum Gasteiger partial charge on any atom is 0.263 e. The summed E-state index contributed by atoms with van der Waals surface area (Å²) < 4.78 is 5.46. The molecule has 0 N–H and O–H groups in total. The van der Waals surface area contributed by atoms with Gasteiger partial charge in [-0.15, -0.1) is 0 Å². The molecule has 5 nitrogen and oxygen atoms in total. The van der Waals surface area contributed by atoms with Crippen LogP contribution in [0.4, 0.5) is 11.4 Å². The second-order valence-electron chi connectivity index (χ2n) is 7.73. The number of hydrogen-bond donors (Lipinski definition) is 0. The van der Waals surface area contributed by atoms with Crippen LogP contribution in [-0.4, -0.2) is 30.7 Å². The first-order valence-corrected chi connectivity index (χ1v) is 9.72. The molecule has 1 amide bonds. The molecule has 1 saturated heterocycles. The number of carbonyl (C=O) groups excluding carboxylic acids is 1. The molecule has 2 aromatic rings. The van der Waals surface area contributed by atoms with Crippen LogP contribution >= 0.6 is 0 Å². The van der Waals surface area contributed by atoms with E-state index in [4.69, 9.17) is 4.52 Å². The van der Waals surface area contributed by atoms with Crippen molar-refractivity contribution in [3.8, 4) is 0 Å². The van der Waals surface area contributed by atoms with Gasteiger partial charge in [0.1, 0.15) is 5.56 Å². The zero-order valence-electron chi connectivity index (χ0n) is 15.9. The Kier molecular flexibility index (Phi) is 4.47. The summed E-state index contributed by atoms with van der Waals surface area (Å²) in [5, 5.41) is 4.06. The Morgan fingerprint density at radius 1 is 1.15 bits per heavy atom. The van der Waals surface area contributed by atoms with E-state index >= 15 is 0 Å². The molecule has 1 fully saturated rings. The van der Waals surface area contributed by atoms with Gasteiger partial charge in [-0.25, -0.2) is 0 Å². The van der Waals surface area contributed by atoms with Crippen LogP contribution in [-0.2, 0) is 6.42 Å². The van der Waals surface area contributed by atoms with E-state index in [-0.39, 0.29) is 11.8 Å². The highest BCUT2D eigenvalue weighted by Crippen LogP contribution is 2.35. The Morgan fingerprint density at radius 2 is 1.92 bits per heavy atom. The number of aromatic nitrogens is 1. The summed E-state index contributed by atoms with van der Waals surface area (Å²) in [7, 11) is 0. The lowest BCUT2D eigenvalue weighted by molar-refractivity contribution is 0.0982. The standard InChI is InChI=1S/C21H27N3O2/c1-14(2)20-19(15(3)22-26-20)21(25)24-12-6-7-16-8-9-17(13-18(16)24)23-10-4-5-11-23/h8-9,13-14H,4-7,10-12H2,1-3H3. The Hall–Kier alpha value is -2.30. The van der Waals surface area contributed by atoms with E-state index in [1.165, 1.54) is 24.1 Å². The highest BCUT2D eigenvalue weighted by Gasteiger charge is 2.30. The quantitative estimate of drug-likeness (QED) is 0.825. The maximum absolute atomic E-state index is 13.4. The normalized spacial score (nSPS) is 17.1. The molecular formula is C21H27N3O2. The van der Waals surface area contributed by atoms with Crippen molar-refractivity contribution in [2.75, 3.05) is 29.4 Å². The Morgan fingerprint density at radius 3 is 2.65 bits per heavy atom. The van der Waals surface area contributed by atoms with Crippen molar-refractivity contribution in [1.29, 1.82) is 0 Å². The first kappa shape index (κ1) is 17.1. The molecule has 0 spiro atoms. The van der Waals surface area contributed by atoms with E-state index in [0.29, 0.717) is 17.0 Å². The number of fused-ring (bicyclic) bond motifs is 1. The second kappa shape index (κ2) is 6.78. The van der Waals surface area contributed by atoms with Crippen LogP contribution in [0, 0.1) is 6.92 Å². The summed E-state index contributed by atoms with van der Waals surface area (Å²) >= 11 is 0. The molecule has 26 heavy (non-hydrogen) atoms. The third-order valence-corrected chi connectivity index (χ3v) is 5.53. The average Bonchev–Trinajstić information content (AvgIpc) is 3.30. The van der Waals surface area contributed by atoms with Gasteiger partial charge in [-0.3, -0.25) is 4.79 Å². The first-order chi connectivity index (χ1) is 12.6. The zero-order valence-corrected chi connectivity index (χ0v) is 15.9. The van der Waals surface area contributed by atoms with Gasteiger partial charge in [0.05, 0.1) is 5.69 Å². The van der Waals surface area contributed by atoms with E-state index in [1.54, 1.807) is 0 Å².